The summed E-state index contributed by atoms with van der Waals surface area (Å²) >= 11 is 0. The van der Waals surface area contributed by atoms with Crippen LogP contribution in [0.25, 0.3) is 0 Å². The molecule has 0 aromatic heterocycles. The van der Waals surface area contributed by atoms with E-state index in [1.165, 1.54) is 77.0 Å². The smallest absolute Gasteiger partial charge is 0.306 e. The van der Waals surface area contributed by atoms with E-state index in [0.29, 0.717) is 19.3 Å². The van der Waals surface area contributed by atoms with Gasteiger partial charge < -0.3 is 14.2 Å². The molecule has 0 aliphatic carbocycles. The Hall–Kier alpha value is -4.97. The third kappa shape index (κ3) is 63.7. The van der Waals surface area contributed by atoms with Crippen LogP contribution in [0, 0.1) is 0 Å². The normalized spacial score (nSPS) is 13.2. The summed E-state index contributed by atoms with van der Waals surface area (Å²) < 4.78 is 16.8. The molecule has 0 saturated carbocycles. The van der Waals surface area contributed by atoms with Gasteiger partial charge in [0.1, 0.15) is 13.2 Å². The Morgan fingerprint density at radius 3 is 0.823 bits per heavy atom. The SMILES string of the molecule is CC/C=C\C/C=C\C/C=C\C/C=C\C/C=C\C/C=C\C/C=C\CCCCCCCCCC(=O)OCC(COC(=O)CCCCCCC/C=C\CCCCCCCC)OC(=O)CCC/C=C\C/C=C\C/C=C\C/C=C\C/C=C\CC. The number of ether oxygens (including phenoxy) is 3. The molecule has 0 fully saturated rings. The van der Waals surface area contributed by atoms with Gasteiger partial charge in [0.2, 0.25) is 0 Å². The van der Waals surface area contributed by atoms with E-state index in [9.17, 15) is 14.4 Å². The van der Waals surface area contributed by atoms with Crippen molar-refractivity contribution in [1.29, 1.82) is 0 Å². The van der Waals surface area contributed by atoms with Crippen LogP contribution in [0.4, 0.5) is 0 Å². The van der Waals surface area contributed by atoms with Crippen molar-refractivity contribution >= 4 is 17.9 Å². The average molecular weight is 1090 g/mol. The number of unbranched alkanes of at least 4 members (excludes halogenated alkanes) is 19. The molecule has 6 nitrogen and oxygen atoms in total. The minimum absolute atomic E-state index is 0.114. The number of carbonyl (C=O) groups excluding carboxylic acids is 3. The molecule has 0 aliphatic heterocycles. The van der Waals surface area contributed by atoms with Gasteiger partial charge in [-0.05, 0) is 141 Å². The maximum atomic E-state index is 12.9. The molecule has 0 aliphatic rings. The van der Waals surface area contributed by atoms with E-state index in [-0.39, 0.29) is 37.5 Å². The van der Waals surface area contributed by atoms with Crippen molar-refractivity contribution in [2.24, 2.45) is 0 Å². The first kappa shape index (κ1) is 74.0. The fourth-order valence-electron chi connectivity index (χ4n) is 8.28. The fourth-order valence-corrected chi connectivity index (χ4v) is 8.28. The van der Waals surface area contributed by atoms with E-state index in [0.717, 1.165) is 141 Å². The fraction of sp³-hybridized carbons (Fsp3) is 0.603. The van der Waals surface area contributed by atoms with Gasteiger partial charge in [-0.15, -0.1) is 0 Å². The Morgan fingerprint density at radius 1 is 0.266 bits per heavy atom. The first-order valence-electron chi connectivity index (χ1n) is 32.0. The van der Waals surface area contributed by atoms with Gasteiger partial charge in [-0.3, -0.25) is 14.4 Å². The summed E-state index contributed by atoms with van der Waals surface area (Å²) in [7, 11) is 0. The van der Waals surface area contributed by atoms with E-state index in [2.05, 4.69) is 179 Å². The Balaban J connectivity index is 4.44. The summed E-state index contributed by atoms with van der Waals surface area (Å²) in [4.78, 5) is 38.3. The highest BCUT2D eigenvalue weighted by atomic mass is 16.6. The monoisotopic (exact) mass is 1090 g/mol. The molecule has 444 valence electrons. The average Bonchev–Trinajstić information content (AvgIpc) is 3.45. The molecule has 0 spiro atoms. The maximum Gasteiger partial charge on any atom is 0.306 e. The second kappa shape index (κ2) is 65.5. The lowest BCUT2D eigenvalue weighted by atomic mass is 10.1. The molecular weight excluding hydrogens is 973 g/mol. The molecule has 0 aromatic carbocycles. The zero-order valence-electron chi connectivity index (χ0n) is 50.8. The first-order chi connectivity index (χ1) is 39.0. The summed E-state index contributed by atoms with van der Waals surface area (Å²) in [5.41, 5.74) is 0. The molecule has 79 heavy (non-hydrogen) atoms. The van der Waals surface area contributed by atoms with Crippen molar-refractivity contribution in [3.05, 3.63) is 158 Å². The van der Waals surface area contributed by atoms with Crippen molar-refractivity contribution in [2.75, 3.05) is 13.2 Å². The molecule has 0 aromatic rings. The van der Waals surface area contributed by atoms with Crippen LogP contribution in [-0.2, 0) is 28.6 Å². The molecule has 6 heteroatoms. The number of esters is 3. The Labute approximate surface area is 486 Å². The van der Waals surface area contributed by atoms with E-state index >= 15 is 0 Å². The molecule has 0 radical (unpaired) electrons. The van der Waals surface area contributed by atoms with E-state index < -0.39 is 6.10 Å². The van der Waals surface area contributed by atoms with Gasteiger partial charge in [0.05, 0.1) is 0 Å². The third-order valence-corrected chi connectivity index (χ3v) is 13.0. The summed E-state index contributed by atoms with van der Waals surface area (Å²) in [6.45, 7) is 6.34. The van der Waals surface area contributed by atoms with E-state index in [1.54, 1.807) is 0 Å². The minimum Gasteiger partial charge on any atom is -0.462 e. The highest BCUT2D eigenvalue weighted by Gasteiger charge is 2.19. The number of rotatable bonds is 56. The van der Waals surface area contributed by atoms with Crippen LogP contribution in [0.5, 0.6) is 0 Å². The van der Waals surface area contributed by atoms with Gasteiger partial charge in [0.25, 0.3) is 0 Å². The molecule has 0 N–H and O–H groups in total. The van der Waals surface area contributed by atoms with Crippen LogP contribution < -0.4 is 0 Å². The summed E-state index contributed by atoms with van der Waals surface area (Å²) in [5.74, 6) is -0.995. The van der Waals surface area contributed by atoms with Crippen molar-refractivity contribution < 1.29 is 28.6 Å². The lowest BCUT2D eigenvalue weighted by molar-refractivity contribution is -0.167. The van der Waals surface area contributed by atoms with Crippen LogP contribution >= 0.6 is 0 Å². The van der Waals surface area contributed by atoms with Gasteiger partial charge in [-0.25, -0.2) is 0 Å². The van der Waals surface area contributed by atoms with Crippen molar-refractivity contribution in [1.82, 2.24) is 0 Å². The number of hydrogen-bond acceptors (Lipinski definition) is 6. The summed E-state index contributed by atoms with van der Waals surface area (Å²) in [6, 6.07) is 0. The second-order valence-corrected chi connectivity index (χ2v) is 20.5. The summed E-state index contributed by atoms with van der Waals surface area (Å²) in [6.07, 6.45) is 95.4. The van der Waals surface area contributed by atoms with E-state index in [1.807, 2.05) is 0 Å². The van der Waals surface area contributed by atoms with Gasteiger partial charge >= 0.3 is 17.9 Å². The maximum absolute atomic E-state index is 12.9. The van der Waals surface area contributed by atoms with Crippen molar-refractivity contribution in [3.8, 4) is 0 Å². The molecule has 1 atom stereocenters. The molecular formula is C73H116O6. The zero-order chi connectivity index (χ0) is 57.1. The van der Waals surface area contributed by atoms with Crippen LogP contribution in [-0.4, -0.2) is 37.2 Å². The highest BCUT2D eigenvalue weighted by Crippen LogP contribution is 2.14. The minimum atomic E-state index is -0.824. The van der Waals surface area contributed by atoms with Crippen LogP contribution in [0.15, 0.2) is 158 Å². The van der Waals surface area contributed by atoms with Crippen molar-refractivity contribution in [2.45, 2.75) is 271 Å². The van der Waals surface area contributed by atoms with Crippen LogP contribution in [0.2, 0.25) is 0 Å². The summed E-state index contributed by atoms with van der Waals surface area (Å²) in [5, 5.41) is 0. The third-order valence-electron chi connectivity index (χ3n) is 13.0. The van der Waals surface area contributed by atoms with E-state index in [4.69, 9.17) is 14.2 Å². The molecule has 0 amide bonds. The van der Waals surface area contributed by atoms with Gasteiger partial charge in [-0.2, -0.15) is 0 Å². The second-order valence-electron chi connectivity index (χ2n) is 20.5. The molecule has 0 saturated heterocycles. The van der Waals surface area contributed by atoms with Crippen LogP contribution in [0.1, 0.15) is 265 Å². The quantitative estimate of drug-likeness (QED) is 0.0261. The molecule has 0 rings (SSSR count). The molecule has 0 bridgehead atoms. The molecule has 0 heterocycles. The predicted octanol–water partition coefficient (Wildman–Crippen LogP) is 22.1. The Morgan fingerprint density at radius 2 is 0.506 bits per heavy atom. The van der Waals surface area contributed by atoms with Gasteiger partial charge in [0.15, 0.2) is 6.10 Å². The van der Waals surface area contributed by atoms with Crippen LogP contribution in [0.3, 0.4) is 0 Å². The lowest BCUT2D eigenvalue weighted by Crippen LogP contribution is -2.30. The number of hydrogen-bond donors (Lipinski definition) is 0. The van der Waals surface area contributed by atoms with Gasteiger partial charge in [0, 0.05) is 19.3 Å². The van der Waals surface area contributed by atoms with Crippen molar-refractivity contribution in [3.63, 3.8) is 0 Å². The topological polar surface area (TPSA) is 78.9 Å². The zero-order valence-corrected chi connectivity index (χ0v) is 50.8. The lowest BCUT2D eigenvalue weighted by Gasteiger charge is -2.18. The largest absolute Gasteiger partial charge is 0.462 e. The van der Waals surface area contributed by atoms with Gasteiger partial charge in [-0.1, -0.05) is 262 Å². The first-order valence-corrected chi connectivity index (χ1v) is 32.0. The predicted molar refractivity (Wildman–Crippen MR) is 343 cm³/mol. The number of allylic oxidation sites excluding steroid dienone is 26. The molecule has 1 unspecified atom stereocenters. The Bertz CT molecular complexity index is 1780. The number of carbonyl (C=O) groups is 3. The highest BCUT2D eigenvalue weighted by molar-refractivity contribution is 5.71. The standard InChI is InChI=1S/C73H116O6/c1-4-7-10-13-16-19-22-25-28-30-31-32-33-34-35-36-37-38-39-40-41-43-45-48-51-54-57-60-63-66-72(75)78-69-70(68-77-71(74)65-62-59-56-53-50-47-44-27-24-21-18-15-12-9-6-3)79-73(76)67-64-61-58-55-52-49-46-42-29-26-23-20-17-14-11-8-5-2/h7-8,10-11,16-17,19-20,25-29,31-32,34-35,37-38,40-41,44,46,49,55,58,70H,4-6,9,12-15,18,21-24,30,33,36,39,42-43,45,47-48,50-54,56-57,59-69H2,1-3H3/b10-7-,11-8-,19-16-,20-17-,28-25-,29-26-,32-31-,35-34-,38-37-,41-40-,44-27-,49-46-,58-55-. The Kier molecular flexibility index (Phi) is 61.4.